The molecule has 0 saturated heterocycles. The van der Waals surface area contributed by atoms with Gasteiger partial charge >= 0.3 is 0 Å². The molecule has 4 nitrogen and oxygen atoms in total. The first-order valence-corrected chi connectivity index (χ1v) is 5.65. The number of aromatic nitrogens is 1. The smallest absolute Gasteiger partial charge is 0.165 e. The summed E-state index contributed by atoms with van der Waals surface area (Å²) in [7, 11) is 0. The number of nitrogens with two attached hydrogens (primary N) is 1. The molecule has 1 rings (SSSR count). The van der Waals surface area contributed by atoms with Crippen LogP contribution in [-0.4, -0.2) is 10.8 Å². The first-order valence-electron chi connectivity index (χ1n) is 4.58. The number of carbonyl (C=O) groups excluding carboxylic acids is 1. The molecule has 1 heterocycles. The Morgan fingerprint density at radius 3 is 2.75 bits per heavy atom. The van der Waals surface area contributed by atoms with Crippen LogP contribution in [0.2, 0.25) is 0 Å². The maximum absolute atomic E-state index is 13.7. The molecule has 0 bridgehead atoms. The minimum absolute atomic E-state index is 0.0189. The number of hydrogen-bond donors (Lipinski definition) is 1. The molecule has 6 heteroatoms. The number of rotatable bonds is 3. The Kier molecular flexibility index (Phi) is 4.32. The number of Topliss-reactive ketones (excluding diaryl/α,β-unsaturated/α-hetero) is 1. The van der Waals surface area contributed by atoms with Crippen molar-refractivity contribution < 1.29 is 9.18 Å². The van der Waals surface area contributed by atoms with Gasteiger partial charge in [0.25, 0.3) is 0 Å². The molecule has 0 spiro atoms. The zero-order valence-electron chi connectivity index (χ0n) is 8.55. The molecule has 0 aliphatic carbocycles. The largest absolute Gasteiger partial charge is 0.326 e. The van der Waals surface area contributed by atoms with Crippen molar-refractivity contribution in [1.82, 2.24) is 4.98 Å². The summed E-state index contributed by atoms with van der Waals surface area (Å²) < 4.78 is 13.7. The Bertz CT molecular complexity index is 482. The van der Waals surface area contributed by atoms with Crippen LogP contribution in [-0.2, 0) is 6.54 Å². The minimum Gasteiger partial charge on any atom is -0.326 e. The second-order valence-electron chi connectivity index (χ2n) is 3.01. The normalized spacial score (nSPS) is 9.94. The van der Waals surface area contributed by atoms with Crippen molar-refractivity contribution >= 4 is 28.4 Å². The molecule has 0 aromatic carbocycles. The quantitative estimate of drug-likeness (QED) is 0.519. The average Bonchev–Trinajstić information content (AvgIpc) is 2.30. The fourth-order valence-electron chi connectivity index (χ4n) is 1.33. The van der Waals surface area contributed by atoms with Gasteiger partial charge in [-0.3, -0.25) is 4.79 Å². The highest BCUT2D eigenvalue weighted by Crippen LogP contribution is 2.21. The van der Waals surface area contributed by atoms with E-state index >= 15 is 0 Å². The van der Waals surface area contributed by atoms with Crippen molar-refractivity contribution in [1.29, 1.82) is 5.26 Å². The standard InChI is InChI=1S/C10H9FIN3O/c1-2-7(16)8-5(3-13)9(11)10(12)15-6(8)4-14/h2-3,13H2,1H3. The van der Waals surface area contributed by atoms with Crippen molar-refractivity contribution in [3.05, 3.63) is 26.3 Å². The first-order chi connectivity index (χ1) is 7.56. The van der Waals surface area contributed by atoms with Crippen molar-refractivity contribution in [3.8, 4) is 6.07 Å². The van der Waals surface area contributed by atoms with Gasteiger partial charge in [0, 0.05) is 18.5 Å². The minimum atomic E-state index is -0.612. The second-order valence-corrected chi connectivity index (χ2v) is 4.03. The monoisotopic (exact) mass is 333 g/mol. The Hall–Kier alpha value is -1.07. The molecule has 16 heavy (non-hydrogen) atoms. The van der Waals surface area contributed by atoms with Gasteiger partial charge < -0.3 is 5.73 Å². The Morgan fingerprint density at radius 2 is 2.31 bits per heavy atom. The molecule has 84 valence electrons. The van der Waals surface area contributed by atoms with Gasteiger partial charge in [0.05, 0.1) is 5.56 Å². The van der Waals surface area contributed by atoms with E-state index in [1.165, 1.54) is 0 Å². The van der Waals surface area contributed by atoms with Crippen LogP contribution in [0.4, 0.5) is 4.39 Å². The van der Waals surface area contributed by atoms with Gasteiger partial charge in [-0.1, -0.05) is 6.92 Å². The number of nitrogens with zero attached hydrogens (tertiary/aromatic N) is 2. The molecule has 1 aromatic heterocycles. The van der Waals surface area contributed by atoms with Gasteiger partial charge in [-0.15, -0.1) is 0 Å². The summed E-state index contributed by atoms with van der Waals surface area (Å²) in [5, 5.41) is 8.87. The zero-order valence-corrected chi connectivity index (χ0v) is 10.7. The van der Waals surface area contributed by atoms with Crippen molar-refractivity contribution in [2.24, 2.45) is 5.73 Å². The van der Waals surface area contributed by atoms with Crippen LogP contribution >= 0.6 is 22.6 Å². The van der Waals surface area contributed by atoms with E-state index in [0.717, 1.165) is 0 Å². The summed E-state index contributed by atoms with van der Waals surface area (Å²) in [5.74, 6) is -0.932. The third kappa shape index (κ3) is 2.20. The number of carbonyl (C=O) groups is 1. The highest BCUT2D eigenvalue weighted by atomic mass is 127. The lowest BCUT2D eigenvalue weighted by Crippen LogP contribution is -2.15. The van der Waals surface area contributed by atoms with Crippen LogP contribution in [0, 0.1) is 20.8 Å². The average molecular weight is 333 g/mol. The second kappa shape index (κ2) is 5.32. The van der Waals surface area contributed by atoms with E-state index in [4.69, 9.17) is 11.0 Å². The highest BCUT2D eigenvalue weighted by molar-refractivity contribution is 14.1. The van der Waals surface area contributed by atoms with Crippen molar-refractivity contribution in [2.45, 2.75) is 19.9 Å². The topological polar surface area (TPSA) is 79.8 Å². The van der Waals surface area contributed by atoms with Crippen LogP contribution in [0.25, 0.3) is 0 Å². The number of hydrogen-bond acceptors (Lipinski definition) is 4. The highest BCUT2D eigenvalue weighted by Gasteiger charge is 2.21. The van der Waals surface area contributed by atoms with E-state index in [0.29, 0.717) is 0 Å². The fraction of sp³-hybridized carbons (Fsp3) is 0.300. The molecular formula is C10H9FIN3O. The van der Waals surface area contributed by atoms with Gasteiger partial charge in [0.15, 0.2) is 17.3 Å². The third-order valence-corrected chi connectivity index (χ3v) is 2.82. The Balaban J connectivity index is 3.61. The first kappa shape index (κ1) is 13.0. The Labute approximate surface area is 106 Å². The number of halogens is 2. The summed E-state index contributed by atoms with van der Waals surface area (Å²) in [5.41, 5.74) is 5.44. The third-order valence-electron chi connectivity index (χ3n) is 2.10. The van der Waals surface area contributed by atoms with Crippen LogP contribution in [0.15, 0.2) is 0 Å². The summed E-state index contributed by atoms with van der Waals surface area (Å²) in [6.07, 6.45) is 0.184. The maximum atomic E-state index is 13.7. The zero-order chi connectivity index (χ0) is 12.3. The van der Waals surface area contributed by atoms with Gasteiger partial charge in [0.2, 0.25) is 0 Å². The van der Waals surface area contributed by atoms with Crippen molar-refractivity contribution in [3.63, 3.8) is 0 Å². The van der Waals surface area contributed by atoms with E-state index in [9.17, 15) is 9.18 Å². The lowest BCUT2D eigenvalue weighted by molar-refractivity contribution is 0.0986. The molecule has 0 fully saturated rings. The lowest BCUT2D eigenvalue weighted by atomic mass is 10.0. The molecule has 0 unspecified atom stereocenters. The fourth-order valence-corrected chi connectivity index (χ4v) is 1.90. The predicted octanol–water partition coefficient (Wildman–Crippen LogP) is 1.75. The molecule has 0 amide bonds. The van der Waals surface area contributed by atoms with Crippen LogP contribution in [0.5, 0.6) is 0 Å². The molecule has 0 saturated carbocycles. The van der Waals surface area contributed by atoms with Crippen LogP contribution < -0.4 is 5.73 Å². The predicted molar refractivity (Wildman–Crippen MR) is 64.1 cm³/mol. The number of ketones is 1. The molecule has 0 aliphatic rings. The van der Waals surface area contributed by atoms with Gasteiger partial charge in [-0.25, -0.2) is 9.37 Å². The van der Waals surface area contributed by atoms with E-state index in [-0.39, 0.29) is 39.3 Å². The van der Waals surface area contributed by atoms with Crippen LogP contribution in [0.3, 0.4) is 0 Å². The number of pyridine rings is 1. The van der Waals surface area contributed by atoms with E-state index < -0.39 is 5.82 Å². The van der Waals surface area contributed by atoms with E-state index in [1.54, 1.807) is 35.6 Å². The molecule has 0 atom stereocenters. The summed E-state index contributed by atoms with van der Waals surface area (Å²) in [6.45, 7) is 1.51. The summed E-state index contributed by atoms with van der Waals surface area (Å²) in [4.78, 5) is 15.4. The molecular weight excluding hydrogens is 324 g/mol. The Morgan fingerprint density at radius 1 is 1.69 bits per heavy atom. The van der Waals surface area contributed by atoms with E-state index in [1.807, 2.05) is 0 Å². The van der Waals surface area contributed by atoms with Gasteiger partial charge in [-0.2, -0.15) is 5.26 Å². The van der Waals surface area contributed by atoms with Crippen molar-refractivity contribution in [2.75, 3.05) is 0 Å². The molecule has 0 aliphatic heterocycles. The van der Waals surface area contributed by atoms with E-state index in [2.05, 4.69) is 4.98 Å². The summed E-state index contributed by atoms with van der Waals surface area (Å²) in [6, 6.07) is 1.79. The molecule has 0 radical (unpaired) electrons. The number of nitriles is 1. The maximum Gasteiger partial charge on any atom is 0.165 e. The SMILES string of the molecule is CCC(=O)c1c(C#N)nc(I)c(F)c1CN. The van der Waals surface area contributed by atoms with Crippen LogP contribution in [0.1, 0.15) is 35.0 Å². The van der Waals surface area contributed by atoms with Gasteiger partial charge in [0.1, 0.15) is 9.77 Å². The lowest BCUT2D eigenvalue weighted by Gasteiger charge is -2.09. The molecule has 2 N–H and O–H groups in total. The summed E-state index contributed by atoms with van der Waals surface area (Å²) >= 11 is 1.67. The molecule has 1 aromatic rings. The van der Waals surface area contributed by atoms with Gasteiger partial charge in [-0.05, 0) is 22.6 Å².